The maximum absolute atomic E-state index is 5.66. The summed E-state index contributed by atoms with van der Waals surface area (Å²) in [5.41, 5.74) is 0. The Morgan fingerprint density at radius 3 is 1.16 bits per heavy atom. The lowest BCUT2D eigenvalue weighted by Crippen LogP contribution is -2.14. The Morgan fingerprint density at radius 2 is 0.730 bits per heavy atom. The Bertz CT molecular complexity index is 542. The summed E-state index contributed by atoms with van der Waals surface area (Å²) in [5.74, 6) is 0.862. The summed E-state index contributed by atoms with van der Waals surface area (Å²) in [6.07, 6.45) is 17.9. The molecule has 0 spiro atoms. The first-order chi connectivity index (χ1) is 18.4. The van der Waals surface area contributed by atoms with Gasteiger partial charge in [-0.05, 0) is 18.6 Å². The zero-order chi connectivity index (χ0) is 26.3. The van der Waals surface area contributed by atoms with Crippen LogP contribution in [0, 0.1) is 0 Å². The molecule has 6 heteroatoms. The first-order valence-corrected chi connectivity index (χ1v) is 15.0. The van der Waals surface area contributed by atoms with Gasteiger partial charge in [0.05, 0.1) is 59.5 Å². The largest absolute Gasteiger partial charge is 0.491 e. The molecular formula is C31H56O6. The monoisotopic (exact) mass is 524 g/mol. The third-order valence-corrected chi connectivity index (χ3v) is 6.12. The third-order valence-electron chi connectivity index (χ3n) is 6.12. The normalized spacial score (nSPS) is 11.3. The fraction of sp³-hybridized carbons (Fsp3) is 0.806. The molecule has 0 saturated carbocycles. The molecule has 0 aliphatic heterocycles. The van der Waals surface area contributed by atoms with Crippen molar-refractivity contribution in [2.45, 2.75) is 90.4 Å². The lowest BCUT2D eigenvalue weighted by molar-refractivity contribution is -0.0128. The molecule has 0 saturated heterocycles. The van der Waals surface area contributed by atoms with Crippen LogP contribution >= 0.6 is 0 Å². The van der Waals surface area contributed by atoms with E-state index in [0.29, 0.717) is 66.1 Å². The van der Waals surface area contributed by atoms with Crippen molar-refractivity contribution in [3.05, 3.63) is 30.3 Å². The van der Waals surface area contributed by atoms with Gasteiger partial charge >= 0.3 is 0 Å². The van der Waals surface area contributed by atoms with Crippen molar-refractivity contribution in [3.63, 3.8) is 0 Å². The van der Waals surface area contributed by atoms with Crippen molar-refractivity contribution in [3.8, 4) is 5.75 Å². The summed E-state index contributed by atoms with van der Waals surface area (Å²) < 4.78 is 33.2. The highest BCUT2D eigenvalue weighted by Gasteiger charge is 1.96. The molecule has 0 amide bonds. The molecule has 0 fully saturated rings. The third kappa shape index (κ3) is 26.2. The summed E-state index contributed by atoms with van der Waals surface area (Å²) in [4.78, 5) is 0. The Balaban J connectivity index is 1.62. The molecule has 6 nitrogen and oxygen atoms in total. The molecule has 1 rings (SSSR count). The molecule has 0 aliphatic carbocycles. The highest BCUT2D eigenvalue weighted by molar-refractivity contribution is 5.20. The highest BCUT2D eigenvalue weighted by Crippen LogP contribution is 2.12. The molecule has 0 unspecified atom stereocenters. The molecule has 216 valence electrons. The number of hydrogen-bond donors (Lipinski definition) is 0. The molecular weight excluding hydrogens is 468 g/mol. The van der Waals surface area contributed by atoms with Gasteiger partial charge in [-0.15, -0.1) is 0 Å². The standard InChI is InChI=1S/C31H56O6/c1-2-3-4-5-6-7-8-9-10-11-12-13-17-20-32-21-22-33-23-24-34-25-26-35-27-28-36-29-30-37-31-18-15-14-16-19-31/h14-16,18-19H,2-13,17,20-30H2,1H3. The Labute approximate surface area is 227 Å². The molecule has 37 heavy (non-hydrogen) atoms. The first kappa shape index (κ1) is 33.8. The van der Waals surface area contributed by atoms with Gasteiger partial charge < -0.3 is 28.4 Å². The van der Waals surface area contributed by atoms with Crippen LogP contribution in [0.15, 0.2) is 30.3 Å². The molecule has 0 radical (unpaired) electrons. The second kappa shape index (κ2) is 29.4. The van der Waals surface area contributed by atoms with Crippen LogP contribution in [0.4, 0.5) is 0 Å². The minimum atomic E-state index is 0.539. The number of ether oxygens (including phenoxy) is 6. The fourth-order valence-electron chi connectivity index (χ4n) is 3.94. The van der Waals surface area contributed by atoms with E-state index >= 15 is 0 Å². The maximum Gasteiger partial charge on any atom is 0.119 e. The Morgan fingerprint density at radius 1 is 0.378 bits per heavy atom. The van der Waals surface area contributed by atoms with Gasteiger partial charge in [-0.1, -0.05) is 102 Å². The summed E-state index contributed by atoms with van der Waals surface area (Å²) in [5, 5.41) is 0. The predicted octanol–water partition coefficient (Wildman–Crippen LogP) is 7.24. The zero-order valence-corrected chi connectivity index (χ0v) is 23.8. The summed E-state index contributed by atoms with van der Waals surface area (Å²) in [6, 6.07) is 9.74. The molecule has 0 atom stereocenters. The highest BCUT2D eigenvalue weighted by atomic mass is 16.6. The average molecular weight is 525 g/mol. The Hall–Kier alpha value is -1.18. The Kier molecular flexibility index (Phi) is 26.9. The quantitative estimate of drug-likeness (QED) is 0.0989. The maximum atomic E-state index is 5.66. The van der Waals surface area contributed by atoms with Gasteiger partial charge in [0.1, 0.15) is 12.4 Å². The van der Waals surface area contributed by atoms with Crippen molar-refractivity contribution in [2.24, 2.45) is 0 Å². The van der Waals surface area contributed by atoms with Gasteiger partial charge in [-0.2, -0.15) is 0 Å². The van der Waals surface area contributed by atoms with Crippen LogP contribution in [-0.2, 0) is 23.7 Å². The van der Waals surface area contributed by atoms with E-state index in [9.17, 15) is 0 Å². The fourth-order valence-corrected chi connectivity index (χ4v) is 3.94. The van der Waals surface area contributed by atoms with Gasteiger partial charge in [-0.3, -0.25) is 0 Å². The SMILES string of the molecule is CCCCCCCCCCCCCCCOCCOCCOCCOCCOCCOc1ccccc1. The van der Waals surface area contributed by atoms with E-state index in [4.69, 9.17) is 28.4 Å². The molecule has 0 aromatic heterocycles. The van der Waals surface area contributed by atoms with Gasteiger partial charge in [0.15, 0.2) is 0 Å². The molecule has 0 bridgehead atoms. The molecule has 0 heterocycles. The van der Waals surface area contributed by atoms with Crippen LogP contribution in [0.3, 0.4) is 0 Å². The van der Waals surface area contributed by atoms with Crippen molar-refractivity contribution in [1.29, 1.82) is 0 Å². The minimum absolute atomic E-state index is 0.539. The smallest absolute Gasteiger partial charge is 0.119 e. The van der Waals surface area contributed by atoms with E-state index in [1.54, 1.807) is 0 Å². The van der Waals surface area contributed by atoms with Crippen LogP contribution in [0.5, 0.6) is 5.75 Å². The van der Waals surface area contributed by atoms with Crippen LogP contribution < -0.4 is 4.74 Å². The van der Waals surface area contributed by atoms with Crippen molar-refractivity contribution in [2.75, 3.05) is 72.7 Å². The second-order valence-electron chi connectivity index (χ2n) is 9.47. The van der Waals surface area contributed by atoms with Crippen LogP contribution in [0.25, 0.3) is 0 Å². The number of rotatable bonds is 30. The summed E-state index contributed by atoms with van der Waals surface area (Å²) in [7, 11) is 0. The molecule has 0 N–H and O–H groups in total. The number of unbranched alkanes of at least 4 members (excludes halogenated alkanes) is 12. The summed E-state index contributed by atoms with van der Waals surface area (Å²) >= 11 is 0. The lowest BCUT2D eigenvalue weighted by Gasteiger charge is -2.08. The van der Waals surface area contributed by atoms with E-state index in [2.05, 4.69) is 6.92 Å². The second-order valence-corrected chi connectivity index (χ2v) is 9.47. The number of hydrogen-bond acceptors (Lipinski definition) is 6. The van der Waals surface area contributed by atoms with E-state index in [-0.39, 0.29) is 0 Å². The van der Waals surface area contributed by atoms with E-state index < -0.39 is 0 Å². The van der Waals surface area contributed by atoms with Crippen molar-refractivity contribution < 1.29 is 28.4 Å². The molecule has 0 aliphatic rings. The van der Waals surface area contributed by atoms with E-state index in [1.807, 2.05) is 30.3 Å². The van der Waals surface area contributed by atoms with Crippen LogP contribution in [-0.4, -0.2) is 72.7 Å². The van der Waals surface area contributed by atoms with Crippen molar-refractivity contribution in [1.82, 2.24) is 0 Å². The zero-order valence-electron chi connectivity index (χ0n) is 23.8. The van der Waals surface area contributed by atoms with Gasteiger partial charge in [0.25, 0.3) is 0 Å². The topological polar surface area (TPSA) is 55.4 Å². The minimum Gasteiger partial charge on any atom is -0.491 e. The molecule has 1 aromatic rings. The first-order valence-electron chi connectivity index (χ1n) is 15.0. The van der Waals surface area contributed by atoms with Gasteiger partial charge in [0, 0.05) is 6.61 Å². The van der Waals surface area contributed by atoms with Crippen molar-refractivity contribution >= 4 is 0 Å². The van der Waals surface area contributed by atoms with Crippen LogP contribution in [0.1, 0.15) is 90.4 Å². The number of benzene rings is 1. The average Bonchev–Trinajstić information content (AvgIpc) is 2.93. The molecule has 1 aromatic carbocycles. The summed E-state index contributed by atoms with van der Waals surface area (Å²) in [6.45, 7) is 8.92. The lowest BCUT2D eigenvalue weighted by atomic mass is 10.0. The predicted molar refractivity (Wildman–Crippen MR) is 152 cm³/mol. The van der Waals surface area contributed by atoms with E-state index in [0.717, 1.165) is 18.8 Å². The van der Waals surface area contributed by atoms with Gasteiger partial charge in [0.2, 0.25) is 0 Å². The van der Waals surface area contributed by atoms with Crippen LogP contribution in [0.2, 0.25) is 0 Å². The number of para-hydroxylation sites is 1. The van der Waals surface area contributed by atoms with E-state index in [1.165, 1.54) is 77.0 Å². The van der Waals surface area contributed by atoms with Gasteiger partial charge in [-0.25, -0.2) is 0 Å².